The van der Waals surface area contributed by atoms with E-state index in [4.69, 9.17) is 14.2 Å². The largest absolute Gasteiger partial charge is 0.462 e. The van der Waals surface area contributed by atoms with Gasteiger partial charge in [-0.1, -0.05) is 0 Å². The van der Waals surface area contributed by atoms with Crippen LogP contribution < -0.4 is 0 Å². The number of rotatable bonds is 2. The zero-order valence-electron chi connectivity index (χ0n) is 10.2. The summed E-state index contributed by atoms with van der Waals surface area (Å²) in [4.78, 5) is 11.0. The minimum Gasteiger partial charge on any atom is -0.462 e. The van der Waals surface area contributed by atoms with Crippen molar-refractivity contribution in [3.8, 4) is 0 Å². The molecule has 0 bridgehead atoms. The fraction of sp³-hybridized carbons (Fsp3) is 0.917. The topological polar surface area (TPSA) is 44.8 Å². The summed E-state index contributed by atoms with van der Waals surface area (Å²) in [5.74, 6) is -0.394. The number of hydrogen-bond acceptors (Lipinski definition) is 4. The van der Waals surface area contributed by atoms with Gasteiger partial charge in [-0.2, -0.15) is 0 Å². The summed E-state index contributed by atoms with van der Waals surface area (Å²) in [6.07, 6.45) is 3.19. The summed E-state index contributed by atoms with van der Waals surface area (Å²) >= 11 is 0. The van der Waals surface area contributed by atoms with Gasteiger partial charge in [-0.25, -0.2) is 0 Å². The van der Waals surface area contributed by atoms with Gasteiger partial charge in [-0.3, -0.25) is 4.79 Å². The number of ether oxygens (including phenoxy) is 3. The molecule has 0 aromatic rings. The third-order valence-corrected chi connectivity index (χ3v) is 3.33. The van der Waals surface area contributed by atoms with E-state index in [0.29, 0.717) is 12.5 Å². The first kappa shape index (κ1) is 11.9. The molecule has 1 aliphatic carbocycles. The maximum absolute atomic E-state index is 11.0. The molecule has 0 spiro atoms. The maximum Gasteiger partial charge on any atom is 0.302 e. The Hall–Kier alpha value is -0.610. The van der Waals surface area contributed by atoms with Crippen LogP contribution in [0.4, 0.5) is 0 Å². The van der Waals surface area contributed by atoms with E-state index in [2.05, 4.69) is 0 Å². The van der Waals surface area contributed by atoms with E-state index in [1.807, 2.05) is 13.8 Å². The highest BCUT2D eigenvalue weighted by Crippen LogP contribution is 2.37. The number of esters is 1. The minimum absolute atomic E-state index is 0.0139. The highest BCUT2D eigenvalue weighted by atomic mass is 16.7. The summed E-state index contributed by atoms with van der Waals surface area (Å²) in [6.45, 7) is 5.91. The van der Waals surface area contributed by atoms with Crippen LogP contribution in [0, 0.1) is 5.92 Å². The van der Waals surface area contributed by atoms with Crippen molar-refractivity contribution in [3.63, 3.8) is 0 Å². The van der Waals surface area contributed by atoms with Crippen LogP contribution in [0.1, 0.15) is 40.0 Å². The van der Waals surface area contributed by atoms with E-state index in [9.17, 15) is 4.79 Å². The van der Waals surface area contributed by atoms with Crippen LogP contribution in [-0.2, 0) is 19.0 Å². The zero-order valence-corrected chi connectivity index (χ0v) is 10.2. The first-order valence-electron chi connectivity index (χ1n) is 5.97. The van der Waals surface area contributed by atoms with Crippen LogP contribution in [0.15, 0.2) is 0 Å². The highest BCUT2D eigenvalue weighted by molar-refractivity contribution is 5.66. The molecule has 0 radical (unpaired) electrons. The molecule has 4 heteroatoms. The molecule has 0 aromatic carbocycles. The van der Waals surface area contributed by atoms with Gasteiger partial charge >= 0.3 is 5.97 Å². The van der Waals surface area contributed by atoms with E-state index in [1.54, 1.807) is 0 Å². The molecular weight excluding hydrogens is 208 g/mol. The normalized spacial score (nSPS) is 37.6. The third-order valence-electron chi connectivity index (χ3n) is 3.33. The lowest BCUT2D eigenvalue weighted by Gasteiger charge is -2.25. The first-order chi connectivity index (χ1) is 7.48. The average molecular weight is 228 g/mol. The van der Waals surface area contributed by atoms with Gasteiger partial charge in [0.2, 0.25) is 0 Å². The second-order valence-electron chi connectivity index (χ2n) is 5.11. The molecule has 16 heavy (non-hydrogen) atoms. The number of carbonyl (C=O) groups is 1. The Morgan fingerprint density at radius 2 is 2.12 bits per heavy atom. The van der Waals surface area contributed by atoms with Crippen molar-refractivity contribution in [1.29, 1.82) is 0 Å². The van der Waals surface area contributed by atoms with E-state index in [1.165, 1.54) is 6.92 Å². The molecule has 3 atom stereocenters. The van der Waals surface area contributed by atoms with Crippen LogP contribution in [0.3, 0.4) is 0 Å². The molecular formula is C12H20O4. The van der Waals surface area contributed by atoms with Crippen LogP contribution in [-0.4, -0.2) is 30.6 Å². The molecule has 2 fully saturated rings. The molecule has 0 amide bonds. The van der Waals surface area contributed by atoms with Crippen molar-refractivity contribution in [1.82, 2.24) is 0 Å². The maximum atomic E-state index is 11.0. The Bertz CT molecular complexity index is 274. The minimum atomic E-state index is -0.492. The second-order valence-corrected chi connectivity index (χ2v) is 5.11. The predicted octanol–water partition coefficient (Wildman–Crippen LogP) is 1.87. The van der Waals surface area contributed by atoms with E-state index >= 15 is 0 Å². The lowest BCUT2D eigenvalue weighted by Crippen LogP contribution is -2.33. The molecule has 92 valence electrons. The second kappa shape index (κ2) is 4.34. The van der Waals surface area contributed by atoms with E-state index in [-0.39, 0.29) is 18.2 Å². The summed E-state index contributed by atoms with van der Waals surface area (Å²) in [6, 6.07) is 0. The quantitative estimate of drug-likeness (QED) is 0.677. The van der Waals surface area contributed by atoms with Gasteiger partial charge in [-0.15, -0.1) is 0 Å². The van der Waals surface area contributed by atoms with Gasteiger partial charge in [0, 0.05) is 12.8 Å². The lowest BCUT2D eigenvalue weighted by atomic mass is 9.99. The van der Waals surface area contributed by atoms with Crippen molar-refractivity contribution < 1.29 is 19.0 Å². The van der Waals surface area contributed by atoms with Crippen molar-refractivity contribution in [2.45, 2.75) is 58.0 Å². The lowest BCUT2D eigenvalue weighted by molar-refractivity contribution is -0.159. The van der Waals surface area contributed by atoms with Gasteiger partial charge in [0.15, 0.2) is 5.79 Å². The molecule has 0 N–H and O–H groups in total. The number of hydrogen-bond donors (Lipinski definition) is 0. The number of carbonyl (C=O) groups excluding carboxylic acids is 1. The van der Waals surface area contributed by atoms with Gasteiger partial charge < -0.3 is 14.2 Å². The highest BCUT2D eigenvalue weighted by Gasteiger charge is 2.43. The van der Waals surface area contributed by atoms with Crippen molar-refractivity contribution >= 4 is 5.97 Å². The van der Waals surface area contributed by atoms with Crippen LogP contribution in [0.25, 0.3) is 0 Å². The molecule has 1 unspecified atom stereocenters. The third kappa shape index (κ3) is 2.55. The Labute approximate surface area is 96.2 Å². The average Bonchev–Trinajstić information content (AvgIpc) is 2.71. The Kier molecular flexibility index (Phi) is 3.22. The molecule has 1 heterocycles. The Morgan fingerprint density at radius 1 is 1.38 bits per heavy atom. The smallest absolute Gasteiger partial charge is 0.302 e. The Balaban J connectivity index is 1.95. The Morgan fingerprint density at radius 3 is 2.69 bits per heavy atom. The molecule has 0 aromatic heterocycles. The SMILES string of the molecule is CC(=O)O[C@@H]1CCC[C@H]1C1COC(C)(C)O1. The predicted molar refractivity (Wildman–Crippen MR) is 57.8 cm³/mol. The van der Waals surface area contributed by atoms with Gasteiger partial charge in [0.25, 0.3) is 0 Å². The van der Waals surface area contributed by atoms with Crippen LogP contribution in [0.5, 0.6) is 0 Å². The van der Waals surface area contributed by atoms with Crippen molar-refractivity contribution in [2.75, 3.05) is 6.61 Å². The molecule has 4 nitrogen and oxygen atoms in total. The summed E-state index contributed by atoms with van der Waals surface area (Å²) in [7, 11) is 0. The zero-order chi connectivity index (χ0) is 11.8. The summed E-state index contributed by atoms with van der Waals surface area (Å²) < 4.78 is 16.7. The van der Waals surface area contributed by atoms with Crippen LogP contribution in [0.2, 0.25) is 0 Å². The molecule has 2 rings (SSSR count). The monoisotopic (exact) mass is 228 g/mol. The van der Waals surface area contributed by atoms with Crippen LogP contribution >= 0.6 is 0 Å². The van der Waals surface area contributed by atoms with E-state index < -0.39 is 5.79 Å². The van der Waals surface area contributed by atoms with Gasteiger partial charge in [0.1, 0.15) is 6.10 Å². The van der Waals surface area contributed by atoms with Crippen molar-refractivity contribution in [3.05, 3.63) is 0 Å². The van der Waals surface area contributed by atoms with Gasteiger partial charge in [-0.05, 0) is 33.1 Å². The molecule has 1 aliphatic heterocycles. The molecule has 1 saturated carbocycles. The molecule has 1 saturated heterocycles. The fourth-order valence-electron chi connectivity index (χ4n) is 2.67. The molecule has 2 aliphatic rings. The van der Waals surface area contributed by atoms with Crippen molar-refractivity contribution in [2.24, 2.45) is 5.92 Å². The first-order valence-corrected chi connectivity index (χ1v) is 5.97. The summed E-state index contributed by atoms with van der Waals surface area (Å²) in [5.41, 5.74) is 0. The fourth-order valence-corrected chi connectivity index (χ4v) is 2.67. The standard InChI is InChI=1S/C12H20O4/c1-8(13)15-10-6-4-5-9(10)11-7-14-12(2,3)16-11/h9-11H,4-7H2,1-3H3/t9-,10-,11?/m1/s1. The van der Waals surface area contributed by atoms with Gasteiger partial charge in [0.05, 0.1) is 12.7 Å². The summed E-state index contributed by atoms with van der Waals surface area (Å²) in [5, 5.41) is 0. The van der Waals surface area contributed by atoms with E-state index in [0.717, 1.165) is 19.3 Å².